The van der Waals surface area contributed by atoms with Crippen molar-refractivity contribution in [1.82, 2.24) is 4.98 Å². The van der Waals surface area contributed by atoms with E-state index in [1.165, 1.54) is 0 Å². The molecule has 0 amide bonds. The molecule has 0 atom stereocenters. The highest BCUT2D eigenvalue weighted by molar-refractivity contribution is 5.64. The number of rotatable bonds is 0. The Labute approximate surface area is 64.7 Å². The predicted octanol–water partition coefficient (Wildman–Crippen LogP) is 1.67. The minimum atomic E-state index is 0.566. The molecule has 0 saturated heterocycles. The fourth-order valence-electron chi connectivity index (χ4n) is 1.08. The van der Waals surface area contributed by atoms with Crippen molar-refractivity contribution in [3.63, 3.8) is 0 Å². The first-order chi connectivity index (χ1) is 5.27. The van der Waals surface area contributed by atoms with E-state index >= 15 is 0 Å². The zero-order valence-electron chi connectivity index (χ0n) is 6.22. The summed E-state index contributed by atoms with van der Waals surface area (Å²) in [4.78, 5) is 4.01. The van der Waals surface area contributed by atoms with Crippen molar-refractivity contribution in [3.05, 3.63) is 30.4 Å². The van der Waals surface area contributed by atoms with Crippen LogP contribution in [0.3, 0.4) is 0 Å². The zero-order chi connectivity index (χ0) is 7.84. The van der Waals surface area contributed by atoms with E-state index in [9.17, 15) is 0 Å². The number of anilines is 1. The van der Waals surface area contributed by atoms with Crippen molar-refractivity contribution in [1.29, 1.82) is 0 Å². The third-order valence-corrected chi connectivity index (χ3v) is 1.57. The van der Waals surface area contributed by atoms with Crippen LogP contribution < -0.4 is 10.1 Å². The summed E-state index contributed by atoms with van der Waals surface area (Å²) in [7, 11) is 0. The van der Waals surface area contributed by atoms with Crippen molar-refractivity contribution in [2.24, 2.45) is 0 Å². The molecule has 3 nitrogen and oxygen atoms in total. The molecule has 0 aromatic carbocycles. The van der Waals surface area contributed by atoms with Gasteiger partial charge in [0.2, 0.25) is 0 Å². The van der Waals surface area contributed by atoms with Crippen LogP contribution in [0.4, 0.5) is 5.69 Å². The number of hydrogen-bond donors (Lipinski definition) is 1. The topological polar surface area (TPSA) is 34.2 Å². The molecule has 0 fully saturated rings. The lowest BCUT2D eigenvalue weighted by atomic mass is 10.3. The van der Waals surface area contributed by atoms with E-state index in [-0.39, 0.29) is 0 Å². The lowest BCUT2D eigenvalue weighted by molar-refractivity contribution is 0.456. The van der Waals surface area contributed by atoms with Gasteiger partial charge in [0.15, 0.2) is 11.6 Å². The fraction of sp³-hybridized carbons (Fsp3) is 0.125. The Morgan fingerprint density at radius 3 is 3.09 bits per heavy atom. The molecule has 11 heavy (non-hydrogen) atoms. The molecule has 1 N–H and O–H groups in total. The smallest absolute Gasteiger partial charge is 0.190 e. The monoisotopic (exact) mass is 148 g/mol. The number of nitrogens with one attached hydrogen (secondary N) is 1. The molecule has 0 spiro atoms. The van der Waals surface area contributed by atoms with Crippen LogP contribution in [0.15, 0.2) is 24.9 Å². The van der Waals surface area contributed by atoms with Crippen molar-refractivity contribution in [3.8, 4) is 5.75 Å². The van der Waals surface area contributed by atoms with Gasteiger partial charge in [0.05, 0.1) is 6.20 Å². The minimum absolute atomic E-state index is 0.566. The number of nitrogens with zero attached hydrogens (tertiary/aromatic N) is 1. The molecule has 1 aromatic rings. The van der Waals surface area contributed by atoms with Crippen LogP contribution in [0, 0.1) is 6.92 Å². The highest BCUT2D eigenvalue weighted by Crippen LogP contribution is 2.34. The second kappa shape index (κ2) is 1.99. The average molecular weight is 148 g/mol. The van der Waals surface area contributed by atoms with Crippen LogP contribution in [-0.2, 0) is 0 Å². The summed E-state index contributed by atoms with van der Waals surface area (Å²) in [6.45, 7) is 5.60. The number of ether oxygens (including phenoxy) is 1. The SMILES string of the molecule is C=C1Nc2cncc(C)c2O1. The summed E-state index contributed by atoms with van der Waals surface area (Å²) in [5.41, 5.74) is 1.92. The lowest BCUT2D eigenvalue weighted by Crippen LogP contribution is -1.92. The van der Waals surface area contributed by atoms with Crippen LogP contribution in [0.5, 0.6) is 5.75 Å². The van der Waals surface area contributed by atoms with Crippen molar-refractivity contribution >= 4 is 5.69 Å². The van der Waals surface area contributed by atoms with Gasteiger partial charge in [0, 0.05) is 11.8 Å². The normalized spacial score (nSPS) is 13.7. The molecule has 1 aromatic heterocycles. The Morgan fingerprint density at radius 1 is 1.55 bits per heavy atom. The molecule has 2 rings (SSSR count). The summed E-state index contributed by atoms with van der Waals surface area (Å²) in [6, 6.07) is 0. The summed E-state index contributed by atoms with van der Waals surface area (Å²) in [5, 5.41) is 2.96. The quantitative estimate of drug-likeness (QED) is 0.607. The Morgan fingerprint density at radius 2 is 2.36 bits per heavy atom. The highest BCUT2D eigenvalue weighted by Gasteiger charge is 2.16. The summed E-state index contributed by atoms with van der Waals surface area (Å²) < 4.78 is 5.29. The van der Waals surface area contributed by atoms with E-state index in [1.807, 2.05) is 6.92 Å². The summed E-state index contributed by atoms with van der Waals surface area (Å²) >= 11 is 0. The van der Waals surface area contributed by atoms with Crippen LogP contribution in [-0.4, -0.2) is 4.98 Å². The van der Waals surface area contributed by atoms with E-state index in [0.717, 1.165) is 17.0 Å². The molecule has 0 aliphatic carbocycles. The summed E-state index contributed by atoms with van der Waals surface area (Å²) in [5.74, 6) is 1.40. The molecule has 1 aliphatic rings. The van der Waals surface area contributed by atoms with Gasteiger partial charge in [-0.2, -0.15) is 0 Å². The number of aromatic nitrogens is 1. The molecule has 1 aliphatic heterocycles. The maximum atomic E-state index is 5.29. The van der Waals surface area contributed by atoms with Crippen LogP contribution in [0.25, 0.3) is 0 Å². The first kappa shape index (κ1) is 6.22. The van der Waals surface area contributed by atoms with Gasteiger partial charge in [-0.25, -0.2) is 0 Å². The van der Waals surface area contributed by atoms with Gasteiger partial charge >= 0.3 is 0 Å². The maximum Gasteiger partial charge on any atom is 0.190 e. The second-order valence-corrected chi connectivity index (χ2v) is 2.48. The van der Waals surface area contributed by atoms with Gasteiger partial charge in [-0.15, -0.1) is 0 Å². The number of pyridine rings is 1. The van der Waals surface area contributed by atoms with Crippen LogP contribution in [0.2, 0.25) is 0 Å². The second-order valence-electron chi connectivity index (χ2n) is 2.48. The van der Waals surface area contributed by atoms with Gasteiger partial charge in [0.25, 0.3) is 0 Å². The first-order valence-corrected chi connectivity index (χ1v) is 3.36. The van der Waals surface area contributed by atoms with E-state index in [1.54, 1.807) is 12.4 Å². The van der Waals surface area contributed by atoms with E-state index in [0.29, 0.717) is 5.88 Å². The highest BCUT2D eigenvalue weighted by atomic mass is 16.5. The van der Waals surface area contributed by atoms with Crippen molar-refractivity contribution < 1.29 is 4.74 Å². The molecule has 3 heteroatoms. The zero-order valence-corrected chi connectivity index (χ0v) is 6.22. The van der Waals surface area contributed by atoms with Gasteiger partial charge < -0.3 is 10.1 Å². The fourth-order valence-corrected chi connectivity index (χ4v) is 1.08. The third kappa shape index (κ3) is 0.852. The van der Waals surface area contributed by atoms with E-state index in [2.05, 4.69) is 16.9 Å². The summed E-state index contributed by atoms with van der Waals surface area (Å²) in [6.07, 6.45) is 3.49. The average Bonchev–Trinajstić information content (AvgIpc) is 2.31. The van der Waals surface area contributed by atoms with E-state index < -0.39 is 0 Å². The molecule has 0 radical (unpaired) electrons. The molecular weight excluding hydrogens is 140 g/mol. The molecule has 0 unspecified atom stereocenters. The van der Waals surface area contributed by atoms with Gasteiger partial charge in [-0.1, -0.05) is 0 Å². The minimum Gasteiger partial charge on any atom is -0.439 e. The van der Waals surface area contributed by atoms with Crippen LogP contribution in [0.1, 0.15) is 5.56 Å². The molecular formula is C8H8N2O. The Bertz CT molecular complexity index is 320. The maximum absolute atomic E-state index is 5.29. The first-order valence-electron chi connectivity index (χ1n) is 3.36. The van der Waals surface area contributed by atoms with Gasteiger partial charge in [-0.3, -0.25) is 4.98 Å². The third-order valence-electron chi connectivity index (χ3n) is 1.57. The van der Waals surface area contributed by atoms with Crippen molar-refractivity contribution in [2.75, 3.05) is 5.32 Å². The van der Waals surface area contributed by atoms with Gasteiger partial charge in [-0.05, 0) is 13.5 Å². The number of fused-ring (bicyclic) bond motifs is 1. The molecule has 0 bridgehead atoms. The number of hydrogen-bond acceptors (Lipinski definition) is 3. The van der Waals surface area contributed by atoms with Crippen molar-refractivity contribution in [2.45, 2.75) is 6.92 Å². The predicted molar refractivity (Wildman–Crippen MR) is 42.4 cm³/mol. The Hall–Kier alpha value is -1.51. The molecule has 56 valence electrons. The number of aryl methyl sites for hydroxylation is 1. The Kier molecular flexibility index (Phi) is 1.12. The lowest BCUT2D eigenvalue weighted by Gasteiger charge is -1.97. The molecule has 2 heterocycles. The van der Waals surface area contributed by atoms with Gasteiger partial charge in [0.1, 0.15) is 5.69 Å². The van der Waals surface area contributed by atoms with Crippen LogP contribution >= 0.6 is 0 Å². The standard InChI is InChI=1S/C8H8N2O/c1-5-3-9-4-7-8(5)11-6(2)10-7/h3-4,10H,2H2,1H3. The Balaban J connectivity index is 2.57. The van der Waals surface area contributed by atoms with E-state index in [4.69, 9.17) is 4.74 Å². The largest absolute Gasteiger partial charge is 0.439 e. The molecule has 0 saturated carbocycles.